The first kappa shape index (κ1) is 23.3. The third-order valence-electron chi connectivity index (χ3n) is 7.37. The lowest BCUT2D eigenvalue weighted by atomic mass is 9.77. The molecule has 3 nitrogen and oxygen atoms in total. The topological polar surface area (TPSA) is 40.2 Å². The summed E-state index contributed by atoms with van der Waals surface area (Å²) >= 11 is 0. The van der Waals surface area contributed by atoms with E-state index in [4.69, 9.17) is 4.99 Å². The van der Waals surface area contributed by atoms with E-state index in [-0.39, 0.29) is 17.9 Å². The Morgan fingerprint density at radius 2 is 1.86 bits per heavy atom. The van der Waals surface area contributed by atoms with E-state index in [2.05, 4.69) is 71.8 Å². The minimum absolute atomic E-state index is 0.0254. The van der Waals surface area contributed by atoms with Gasteiger partial charge in [0, 0.05) is 29.6 Å². The summed E-state index contributed by atoms with van der Waals surface area (Å²) in [6.45, 7) is 2.15. The van der Waals surface area contributed by atoms with E-state index in [1.807, 2.05) is 18.5 Å². The second-order valence-electron chi connectivity index (χ2n) is 9.61. The first-order valence-corrected chi connectivity index (χ1v) is 12.5. The summed E-state index contributed by atoms with van der Waals surface area (Å²) < 4.78 is 38.9. The van der Waals surface area contributed by atoms with Gasteiger partial charge in [-0.25, -0.2) is 0 Å². The molecule has 0 saturated heterocycles. The number of benzene rings is 3. The van der Waals surface area contributed by atoms with Crippen LogP contribution in [0.5, 0.6) is 0 Å². The Labute approximate surface area is 213 Å². The zero-order chi connectivity index (χ0) is 25.6. The van der Waals surface area contributed by atoms with E-state index in [1.165, 1.54) is 16.5 Å². The molecule has 4 aromatic rings. The van der Waals surface area contributed by atoms with Crippen molar-refractivity contribution in [3.63, 3.8) is 0 Å². The number of fused-ring (bicyclic) bond motifs is 4. The van der Waals surface area contributed by atoms with Crippen LogP contribution in [-0.4, -0.2) is 11.2 Å². The molecule has 1 aromatic heterocycles. The number of aromatic nitrogens is 1. The third-order valence-corrected chi connectivity index (χ3v) is 7.37. The number of hydrogen-bond acceptors (Lipinski definition) is 2. The molecule has 2 N–H and O–H groups in total. The van der Waals surface area contributed by atoms with Gasteiger partial charge < -0.3 is 10.3 Å². The quantitative estimate of drug-likeness (QED) is 0.286. The largest absolute Gasteiger partial charge is 0.416 e. The van der Waals surface area contributed by atoms with Gasteiger partial charge in [-0.1, -0.05) is 61.5 Å². The van der Waals surface area contributed by atoms with Gasteiger partial charge in [0.1, 0.15) is 5.82 Å². The van der Waals surface area contributed by atoms with Crippen molar-refractivity contribution in [2.24, 2.45) is 10.9 Å². The van der Waals surface area contributed by atoms with Crippen molar-refractivity contribution in [2.45, 2.75) is 31.5 Å². The molecule has 2 aliphatic rings. The summed E-state index contributed by atoms with van der Waals surface area (Å²) in [7, 11) is 0. The number of nitrogens with zero attached hydrogens (tertiary/aromatic N) is 1. The molecule has 2 heterocycles. The lowest BCUT2D eigenvalue weighted by Crippen LogP contribution is -2.16. The molecule has 0 spiro atoms. The van der Waals surface area contributed by atoms with Gasteiger partial charge in [-0.15, -0.1) is 0 Å². The first-order chi connectivity index (χ1) is 17.9. The molecule has 6 rings (SSSR count). The molecule has 1 aliphatic heterocycles. The molecule has 186 valence electrons. The SMILES string of the molecule is CCc1cccc2cc(N/C=C/c3ccc4c(c3)C=CC3C(c5ccc(C(F)(F)F)cc5)C=NC43)[nH]c12. The van der Waals surface area contributed by atoms with Crippen LogP contribution in [0.25, 0.3) is 23.1 Å². The second-order valence-corrected chi connectivity index (χ2v) is 9.61. The number of hydrogen-bond donors (Lipinski definition) is 2. The Kier molecular flexibility index (Phi) is 5.75. The van der Waals surface area contributed by atoms with Crippen molar-refractivity contribution in [1.29, 1.82) is 0 Å². The Balaban J connectivity index is 1.17. The van der Waals surface area contributed by atoms with Gasteiger partial charge in [-0.2, -0.15) is 13.2 Å². The molecular formula is C31H26F3N3. The molecule has 0 saturated carbocycles. The van der Waals surface area contributed by atoms with Crippen LogP contribution >= 0.6 is 0 Å². The van der Waals surface area contributed by atoms with Crippen molar-refractivity contribution in [3.8, 4) is 0 Å². The van der Waals surface area contributed by atoms with Gasteiger partial charge >= 0.3 is 6.18 Å². The van der Waals surface area contributed by atoms with Crippen molar-refractivity contribution in [1.82, 2.24) is 4.98 Å². The Hall–Kier alpha value is -4.06. The summed E-state index contributed by atoms with van der Waals surface area (Å²) in [5.41, 5.74) is 6.02. The van der Waals surface area contributed by atoms with Crippen LogP contribution in [0.3, 0.4) is 0 Å². The monoisotopic (exact) mass is 497 g/mol. The van der Waals surface area contributed by atoms with Crippen molar-refractivity contribution in [3.05, 3.63) is 112 Å². The minimum Gasteiger partial charge on any atom is -0.348 e. The normalized spacial score (nSPS) is 20.5. The van der Waals surface area contributed by atoms with E-state index in [0.717, 1.165) is 46.6 Å². The average molecular weight is 498 g/mol. The maximum absolute atomic E-state index is 13.0. The van der Waals surface area contributed by atoms with Crippen molar-refractivity contribution >= 4 is 35.1 Å². The lowest BCUT2D eigenvalue weighted by molar-refractivity contribution is -0.137. The maximum atomic E-state index is 13.0. The third kappa shape index (κ3) is 4.37. The molecule has 3 unspecified atom stereocenters. The number of nitrogens with one attached hydrogen (secondary N) is 2. The number of rotatable bonds is 5. The fourth-order valence-electron chi connectivity index (χ4n) is 5.44. The Morgan fingerprint density at radius 3 is 2.65 bits per heavy atom. The molecule has 0 amide bonds. The molecule has 6 heteroatoms. The zero-order valence-corrected chi connectivity index (χ0v) is 20.3. The summed E-state index contributed by atoms with van der Waals surface area (Å²) in [6.07, 6.45) is 6.76. The van der Waals surface area contributed by atoms with Gasteiger partial charge in [0.2, 0.25) is 0 Å². The summed E-state index contributed by atoms with van der Waals surface area (Å²) in [5, 5.41) is 4.53. The summed E-state index contributed by atoms with van der Waals surface area (Å²) in [5.74, 6) is 1.01. The van der Waals surface area contributed by atoms with Gasteiger partial charge in [-0.05, 0) is 64.6 Å². The molecule has 0 bridgehead atoms. The van der Waals surface area contributed by atoms with Crippen LogP contribution in [0.1, 0.15) is 52.3 Å². The summed E-state index contributed by atoms with van der Waals surface area (Å²) in [6, 6.07) is 20.2. The van der Waals surface area contributed by atoms with Crippen LogP contribution in [0.4, 0.5) is 19.0 Å². The number of aliphatic imine (C=N–C) groups is 1. The van der Waals surface area contributed by atoms with Crippen LogP contribution in [-0.2, 0) is 12.6 Å². The molecule has 0 fully saturated rings. The predicted octanol–water partition coefficient (Wildman–Crippen LogP) is 8.38. The van der Waals surface area contributed by atoms with Gasteiger partial charge in [0.25, 0.3) is 0 Å². The summed E-state index contributed by atoms with van der Waals surface area (Å²) in [4.78, 5) is 8.22. The standard InChI is InChI=1S/C31H26F3N3/c1-2-20-4-3-5-23-17-28(37-29(20)23)35-15-14-19-6-12-25-22(16-19)9-13-26-27(18-36-30(25)26)21-7-10-24(11-8-21)31(32,33)34/h3-18,26-27,30,35,37H,2H2,1H3/b15-14+. The minimum atomic E-state index is -4.33. The number of anilines is 1. The number of para-hydroxylation sites is 1. The molecule has 3 atom stereocenters. The highest BCUT2D eigenvalue weighted by Crippen LogP contribution is 2.46. The van der Waals surface area contributed by atoms with Crippen molar-refractivity contribution in [2.75, 3.05) is 5.32 Å². The van der Waals surface area contributed by atoms with Gasteiger partial charge in [-0.3, -0.25) is 4.99 Å². The first-order valence-electron chi connectivity index (χ1n) is 12.5. The molecule has 1 aliphatic carbocycles. The van der Waals surface area contributed by atoms with Gasteiger partial charge in [0.15, 0.2) is 0 Å². The maximum Gasteiger partial charge on any atom is 0.416 e. The molecule has 0 radical (unpaired) electrons. The molecular weight excluding hydrogens is 471 g/mol. The zero-order valence-electron chi connectivity index (χ0n) is 20.3. The lowest BCUT2D eigenvalue weighted by Gasteiger charge is -2.26. The highest BCUT2D eigenvalue weighted by molar-refractivity contribution is 5.87. The van der Waals surface area contributed by atoms with Crippen LogP contribution in [0.15, 0.2) is 84.0 Å². The van der Waals surface area contributed by atoms with E-state index < -0.39 is 11.7 Å². The fourth-order valence-corrected chi connectivity index (χ4v) is 5.44. The molecule has 3 aromatic carbocycles. The number of H-pyrrole nitrogens is 1. The van der Waals surface area contributed by atoms with Crippen molar-refractivity contribution < 1.29 is 13.2 Å². The number of aryl methyl sites for hydroxylation is 1. The highest BCUT2D eigenvalue weighted by Gasteiger charge is 2.37. The smallest absolute Gasteiger partial charge is 0.348 e. The Bertz CT molecular complexity index is 1540. The van der Waals surface area contributed by atoms with E-state index in [9.17, 15) is 13.2 Å². The van der Waals surface area contributed by atoms with Crippen LogP contribution in [0.2, 0.25) is 0 Å². The second kappa shape index (κ2) is 9.11. The van der Waals surface area contributed by atoms with Crippen LogP contribution in [0, 0.1) is 5.92 Å². The van der Waals surface area contributed by atoms with E-state index >= 15 is 0 Å². The fraction of sp³-hybridized carbons (Fsp3) is 0.194. The number of aromatic amines is 1. The number of alkyl halides is 3. The van der Waals surface area contributed by atoms with E-state index in [1.54, 1.807) is 12.1 Å². The average Bonchev–Trinajstić information content (AvgIpc) is 3.52. The Morgan fingerprint density at radius 1 is 1.03 bits per heavy atom. The predicted molar refractivity (Wildman–Crippen MR) is 145 cm³/mol. The highest BCUT2D eigenvalue weighted by atomic mass is 19.4. The van der Waals surface area contributed by atoms with Crippen LogP contribution < -0.4 is 5.32 Å². The van der Waals surface area contributed by atoms with E-state index in [0.29, 0.717) is 0 Å². The number of halogens is 3. The van der Waals surface area contributed by atoms with Gasteiger partial charge in [0.05, 0.1) is 17.1 Å². The molecule has 37 heavy (non-hydrogen) atoms.